The van der Waals surface area contributed by atoms with Gasteiger partial charge in [-0.25, -0.2) is 4.98 Å². The molecule has 1 fully saturated rings. The average molecular weight is 209 g/mol. The highest BCUT2D eigenvalue weighted by Gasteiger charge is 2.25. The van der Waals surface area contributed by atoms with E-state index in [-0.39, 0.29) is 17.6 Å². The van der Waals surface area contributed by atoms with E-state index in [4.69, 9.17) is 0 Å². The van der Waals surface area contributed by atoms with E-state index in [9.17, 15) is 9.90 Å². The molecule has 1 aromatic rings. The molecule has 5 heteroatoms. The third-order valence-corrected chi connectivity index (χ3v) is 2.85. The topological polar surface area (TPSA) is 69.2 Å². The van der Waals surface area contributed by atoms with Crippen LogP contribution in [0, 0.1) is 5.92 Å². The SMILES string of the molecule is CC1CN(c2ncc[nH]c2=O)CCC1O. The summed E-state index contributed by atoms with van der Waals surface area (Å²) in [5.74, 6) is 0.636. The van der Waals surface area contributed by atoms with E-state index in [1.54, 1.807) is 6.20 Å². The molecule has 2 unspecified atom stereocenters. The molecule has 0 aliphatic carbocycles. The molecule has 2 rings (SSSR count). The van der Waals surface area contributed by atoms with Gasteiger partial charge in [0.15, 0.2) is 5.82 Å². The molecule has 2 atom stereocenters. The van der Waals surface area contributed by atoms with Gasteiger partial charge in [-0.3, -0.25) is 4.79 Å². The van der Waals surface area contributed by atoms with Crippen LogP contribution in [0.25, 0.3) is 0 Å². The van der Waals surface area contributed by atoms with Crippen LogP contribution >= 0.6 is 0 Å². The molecule has 1 saturated heterocycles. The van der Waals surface area contributed by atoms with Crippen LogP contribution in [0.3, 0.4) is 0 Å². The first kappa shape index (κ1) is 10.2. The van der Waals surface area contributed by atoms with Crippen LogP contribution < -0.4 is 10.5 Å². The minimum absolute atomic E-state index is 0.166. The lowest BCUT2D eigenvalue weighted by Crippen LogP contribution is -2.44. The zero-order valence-electron chi connectivity index (χ0n) is 8.68. The molecule has 2 heterocycles. The first-order valence-electron chi connectivity index (χ1n) is 5.15. The van der Waals surface area contributed by atoms with Gasteiger partial charge in [0.2, 0.25) is 0 Å². The summed E-state index contributed by atoms with van der Waals surface area (Å²) >= 11 is 0. The number of piperidine rings is 1. The molecule has 1 aliphatic rings. The molecule has 1 aromatic heterocycles. The van der Waals surface area contributed by atoms with Crippen LogP contribution in [0.5, 0.6) is 0 Å². The van der Waals surface area contributed by atoms with Gasteiger partial charge in [-0.2, -0.15) is 0 Å². The monoisotopic (exact) mass is 209 g/mol. The van der Waals surface area contributed by atoms with Gasteiger partial charge in [-0.05, 0) is 12.3 Å². The molecule has 82 valence electrons. The summed E-state index contributed by atoms with van der Waals surface area (Å²) in [7, 11) is 0. The van der Waals surface area contributed by atoms with E-state index in [1.807, 2.05) is 11.8 Å². The number of hydrogen-bond acceptors (Lipinski definition) is 4. The second-order valence-corrected chi connectivity index (χ2v) is 4.02. The van der Waals surface area contributed by atoms with E-state index in [2.05, 4.69) is 9.97 Å². The van der Waals surface area contributed by atoms with E-state index in [1.165, 1.54) is 6.20 Å². The van der Waals surface area contributed by atoms with Crippen LogP contribution in [-0.4, -0.2) is 34.3 Å². The number of aliphatic hydroxyl groups excluding tert-OH is 1. The van der Waals surface area contributed by atoms with Gasteiger partial charge in [-0.15, -0.1) is 0 Å². The van der Waals surface area contributed by atoms with Crippen LogP contribution in [0.1, 0.15) is 13.3 Å². The van der Waals surface area contributed by atoms with Crippen molar-refractivity contribution in [1.29, 1.82) is 0 Å². The predicted molar refractivity (Wildman–Crippen MR) is 56.9 cm³/mol. The lowest BCUT2D eigenvalue weighted by molar-refractivity contribution is 0.0968. The normalized spacial score (nSPS) is 26.7. The van der Waals surface area contributed by atoms with Crippen molar-refractivity contribution in [3.8, 4) is 0 Å². The molecule has 2 N–H and O–H groups in total. The lowest BCUT2D eigenvalue weighted by atomic mass is 9.97. The van der Waals surface area contributed by atoms with Crippen LogP contribution in [0.15, 0.2) is 17.2 Å². The van der Waals surface area contributed by atoms with E-state index in [0.29, 0.717) is 25.3 Å². The number of nitrogens with zero attached hydrogens (tertiary/aromatic N) is 2. The summed E-state index contributed by atoms with van der Waals surface area (Å²) in [6.07, 6.45) is 3.53. The first-order valence-corrected chi connectivity index (χ1v) is 5.15. The van der Waals surface area contributed by atoms with Crippen molar-refractivity contribution in [1.82, 2.24) is 9.97 Å². The molecular weight excluding hydrogens is 194 g/mol. The van der Waals surface area contributed by atoms with Gasteiger partial charge >= 0.3 is 0 Å². The Labute approximate surface area is 87.8 Å². The number of nitrogens with one attached hydrogen (secondary N) is 1. The van der Waals surface area contributed by atoms with Gasteiger partial charge in [0.05, 0.1) is 6.10 Å². The fourth-order valence-electron chi connectivity index (χ4n) is 1.89. The van der Waals surface area contributed by atoms with Gasteiger partial charge in [-0.1, -0.05) is 6.92 Å². The maximum atomic E-state index is 11.5. The first-order chi connectivity index (χ1) is 7.18. The number of aromatic amines is 1. The number of anilines is 1. The third-order valence-electron chi connectivity index (χ3n) is 2.85. The fourth-order valence-corrected chi connectivity index (χ4v) is 1.89. The molecule has 0 saturated carbocycles. The second-order valence-electron chi connectivity index (χ2n) is 4.02. The van der Waals surface area contributed by atoms with Crippen molar-refractivity contribution in [2.75, 3.05) is 18.0 Å². The van der Waals surface area contributed by atoms with Crippen molar-refractivity contribution in [3.63, 3.8) is 0 Å². The van der Waals surface area contributed by atoms with Crippen molar-refractivity contribution in [2.45, 2.75) is 19.4 Å². The quantitative estimate of drug-likeness (QED) is 0.682. The third kappa shape index (κ3) is 2.02. The largest absolute Gasteiger partial charge is 0.393 e. The highest BCUT2D eigenvalue weighted by Crippen LogP contribution is 2.18. The van der Waals surface area contributed by atoms with E-state index < -0.39 is 0 Å². The Morgan fingerprint density at radius 3 is 3.13 bits per heavy atom. The molecule has 0 radical (unpaired) electrons. The van der Waals surface area contributed by atoms with Gasteiger partial charge in [0.25, 0.3) is 5.56 Å². The van der Waals surface area contributed by atoms with E-state index in [0.717, 1.165) is 0 Å². The molecule has 0 spiro atoms. The highest BCUT2D eigenvalue weighted by atomic mass is 16.3. The number of aliphatic hydroxyl groups is 1. The fraction of sp³-hybridized carbons (Fsp3) is 0.600. The molecule has 5 nitrogen and oxygen atoms in total. The zero-order chi connectivity index (χ0) is 10.8. The van der Waals surface area contributed by atoms with Gasteiger partial charge in [0.1, 0.15) is 0 Å². The van der Waals surface area contributed by atoms with Crippen molar-refractivity contribution in [3.05, 3.63) is 22.7 Å². The maximum absolute atomic E-state index is 11.5. The second kappa shape index (κ2) is 4.02. The molecule has 0 bridgehead atoms. The Morgan fingerprint density at radius 2 is 2.47 bits per heavy atom. The molecule has 0 amide bonds. The maximum Gasteiger partial charge on any atom is 0.290 e. The average Bonchev–Trinajstić information content (AvgIpc) is 2.23. The highest BCUT2D eigenvalue weighted by molar-refractivity contribution is 5.35. The van der Waals surface area contributed by atoms with Crippen molar-refractivity contribution in [2.24, 2.45) is 5.92 Å². The summed E-state index contributed by atoms with van der Waals surface area (Å²) in [5, 5.41) is 9.58. The lowest BCUT2D eigenvalue weighted by Gasteiger charge is -2.34. The van der Waals surface area contributed by atoms with Gasteiger partial charge < -0.3 is 15.0 Å². The number of hydrogen-bond donors (Lipinski definition) is 2. The molecular formula is C10H15N3O2. The Hall–Kier alpha value is -1.36. The summed E-state index contributed by atoms with van der Waals surface area (Å²) in [5.41, 5.74) is -0.166. The Kier molecular flexibility index (Phi) is 2.73. The van der Waals surface area contributed by atoms with Crippen LogP contribution in [0.4, 0.5) is 5.82 Å². The Morgan fingerprint density at radius 1 is 1.67 bits per heavy atom. The smallest absolute Gasteiger partial charge is 0.290 e. The summed E-state index contributed by atoms with van der Waals surface area (Å²) in [6.45, 7) is 3.35. The minimum Gasteiger partial charge on any atom is -0.393 e. The standard InChI is InChI=1S/C10H15N3O2/c1-7-6-13(5-2-8(7)14)9-10(15)12-4-3-11-9/h3-4,7-8,14H,2,5-6H2,1H3,(H,12,15). The Bertz CT molecular complexity index is 390. The van der Waals surface area contributed by atoms with Gasteiger partial charge in [0, 0.05) is 25.5 Å². The Balaban J connectivity index is 2.19. The van der Waals surface area contributed by atoms with Crippen molar-refractivity contribution < 1.29 is 5.11 Å². The van der Waals surface area contributed by atoms with Crippen molar-refractivity contribution >= 4 is 5.82 Å². The minimum atomic E-state index is -0.260. The van der Waals surface area contributed by atoms with Crippen LogP contribution in [0.2, 0.25) is 0 Å². The number of rotatable bonds is 1. The number of aromatic nitrogens is 2. The molecule has 1 aliphatic heterocycles. The summed E-state index contributed by atoms with van der Waals surface area (Å²) in [6, 6.07) is 0. The summed E-state index contributed by atoms with van der Waals surface area (Å²) < 4.78 is 0. The zero-order valence-corrected chi connectivity index (χ0v) is 8.68. The van der Waals surface area contributed by atoms with E-state index >= 15 is 0 Å². The summed E-state index contributed by atoms with van der Waals surface area (Å²) in [4.78, 5) is 20.1. The number of H-pyrrole nitrogens is 1. The van der Waals surface area contributed by atoms with Crippen LogP contribution in [-0.2, 0) is 0 Å². The molecule has 15 heavy (non-hydrogen) atoms. The molecule has 0 aromatic carbocycles. The predicted octanol–water partition coefficient (Wildman–Crippen LogP) is -0.0230.